The first kappa shape index (κ1) is 25.1. The number of hydrogen-bond acceptors (Lipinski definition) is 4. The molecule has 2 aromatic carbocycles. The highest BCUT2D eigenvalue weighted by Crippen LogP contribution is 2.46. The predicted molar refractivity (Wildman–Crippen MR) is 127 cm³/mol. The van der Waals surface area contributed by atoms with E-state index in [1.165, 1.54) is 30.5 Å². The molecule has 1 N–H and O–H groups in total. The molecule has 0 saturated heterocycles. The van der Waals surface area contributed by atoms with E-state index in [0.29, 0.717) is 28.2 Å². The number of carbonyl (C=O) groups excluding carboxylic acids is 1. The Morgan fingerprint density at radius 2 is 1.81 bits per heavy atom. The van der Waals surface area contributed by atoms with Gasteiger partial charge in [-0.25, -0.2) is 18.7 Å². The third-order valence-electron chi connectivity index (χ3n) is 6.03. The van der Waals surface area contributed by atoms with Crippen LogP contribution in [0.3, 0.4) is 0 Å². The SMILES string of the molecule is Cc1nc(-c2ccc(OC(F)F)cc2)cnc1C(=O)NC1=CC=CC(c2ccccc2)(C(C)(F)F)C1. The molecular weight excluding hydrogens is 474 g/mol. The van der Waals surface area contributed by atoms with Crippen molar-refractivity contribution in [1.82, 2.24) is 15.3 Å². The first-order chi connectivity index (χ1) is 17.1. The van der Waals surface area contributed by atoms with Gasteiger partial charge in [-0.15, -0.1) is 0 Å². The summed E-state index contributed by atoms with van der Waals surface area (Å²) in [6, 6.07) is 14.3. The molecule has 1 amide bonds. The largest absolute Gasteiger partial charge is 0.435 e. The van der Waals surface area contributed by atoms with Crippen molar-refractivity contribution >= 4 is 5.91 Å². The number of benzene rings is 2. The van der Waals surface area contributed by atoms with E-state index >= 15 is 0 Å². The monoisotopic (exact) mass is 497 g/mol. The number of alkyl halides is 4. The van der Waals surface area contributed by atoms with Crippen molar-refractivity contribution in [2.45, 2.75) is 38.2 Å². The third-order valence-corrected chi connectivity index (χ3v) is 6.03. The van der Waals surface area contributed by atoms with Gasteiger partial charge in [0.15, 0.2) is 0 Å². The zero-order chi connectivity index (χ0) is 25.9. The fraction of sp³-hybridized carbons (Fsp3) is 0.222. The minimum Gasteiger partial charge on any atom is -0.435 e. The third kappa shape index (κ3) is 5.15. The molecule has 1 atom stereocenters. The van der Waals surface area contributed by atoms with Crippen LogP contribution in [-0.2, 0) is 5.41 Å². The smallest absolute Gasteiger partial charge is 0.387 e. The van der Waals surface area contributed by atoms with E-state index in [1.807, 2.05) is 0 Å². The number of nitrogens with zero attached hydrogens (tertiary/aromatic N) is 2. The predicted octanol–water partition coefficient (Wildman–Crippen LogP) is 6.22. The van der Waals surface area contributed by atoms with E-state index in [-0.39, 0.29) is 17.9 Å². The second-order valence-electron chi connectivity index (χ2n) is 8.50. The molecule has 0 radical (unpaired) electrons. The topological polar surface area (TPSA) is 64.1 Å². The van der Waals surface area contributed by atoms with Gasteiger partial charge >= 0.3 is 6.61 Å². The Labute approximate surface area is 205 Å². The summed E-state index contributed by atoms with van der Waals surface area (Å²) in [5, 5.41) is 2.71. The number of carbonyl (C=O) groups is 1. The molecule has 1 aliphatic carbocycles. The number of allylic oxidation sites excluding steroid dienone is 4. The van der Waals surface area contributed by atoms with Crippen molar-refractivity contribution in [3.8, 4) is 17.0 Å². The molecule has 0 fully saturated rings. The minimum absolute atomic E-state index is 0.00784. The second kappa shape index (κ2) is 9.93. The van der Waals surface area contributed by atoms with Gasteiger partial charge in [-0.05, 0) is 42.8 Å². The fourth-order valence-corrected chi connectivity index (χ4v) is 4.18. The molecule has 3 aromatic rings. The average Bonchev–Trinajstić information content (AvgIpc) is 2.84. The summed E-state index contributed by atoms with van der Waals surface area (Å²) < 4.78 is 58.8. The molecule has 0 spiro atoms. The molecule has 5 nitrogen and oxygen atoms in total. The van der Waals surface area contributed by atoms with Crippen LogP contribution in [0.4, 0.5) is 17.6 Å². The van der Waals surface area contributed by atoms with Gasteiger partial charge in [0.1, 0.15) is 11.4 Å². The molecule has 1 aromatic heterocycles. The van der Waals surface area contributed by atoms with E-state index in [4.69, 9.17) is 0 Å². The van der Waals surface area contributed by atoms with Crippen molar-refractivity contribution in [3.05, 3.63) is 102 Å². The standard InChI is InChI=1S/C27H23F4N3O2/c1-17-23(32-16-22(33-17)18-10-12-21(13-11-18)36-25(28)29)24(35)34-20-9-6-14-27(15-20,26(2,30)31)19-7-4-3-5-8-19/h3-14,16,25H,15H2,1-2H3,(H,34,35). The van der Waals surface area contributed by atoms with Crippen molar-refractivity contribution < 1.29 is 27.1 Å². The minimum atomic E-state index is -3.09. The van der Waals surface area contributed by atoms with Gasteiger partial charge in [-0.1, -0.05) is 42.5 Å². The second-order valence-corrected chi connectivity index (χ2v) is 8.50. The summed E-state index contributed by atoms with van der Waals surface area (Å²) in [4.78, 5) is 21.6. The Hall–Kier alpha value is -4.01. The molecule has 0 aliphatic heterocycles. The van der Waals surface area contributed by atoms with Crippen LogP contribution in [0.1, 0.15) is 35.1 Å². The maximum Gasteiger partial charge on any atom is 0.387 e. The molecule has 1 heterocycles. The summed E-state index contributed by atoms with van der Waals surface area (Å²) in [7, 11) is 0. The van der Waals surface area contributed by atoms with Crippen molar-refractivity contribution in [2.75, 3.05) is 0 Å². The maximum atomic E-state index is 14.9. The Kier molecular flexibility index (Phi) is 6.92. The van der Waals surface area contributed by atoms with Crippen LogP contribution in [0.2, 0.25) is 0 Å². The number of nitrogens with one attached hydrogen (secondary N) is 1. The molecule has 36 heavy (non-hydrogen) atoms. The number of amides is 1. The Morgan fingerprint density at radius 1 is 1.11 bits per heavy atom. The fourth-order valence-electron chi connectivity index (χ4n) is 4.18. The lowest BCUT2D eigenvalue weighted by Crippen LogP contribution is -2.44. The van der Waals surface area contributed by atoms with Crippen LogP contribution in [0, 0.1) is 6.92 Å². The number of aromatic nitrogens is 2. The highest BCUT2D eigenvalue weighted by atomic mass is 19.3. The lowest BCUT2D eigenvalue weighted by atomic mass is 9.70. The van der Waals surface area contributed by atoms with Crippen LogP contribution in [0.25, 0.3) is 11.3 Å². The van der Waals surface area contributed by atoms with Gasteiger partial charge < -0.3 is 10.1 Å². The summed E-state index contributed by atoms with van der Waals surface area (Å²) in [5.74, 6) is -3.66. The Bertz CT molecular complexity index is 1300. The number of aryl methyl sites for hydroxylation is 1. The van der Waals surface area contributed by atoms with Crippen LogP contribution >= 0.6 is 0 Å². The molecule has 4 rings (SSSR count). The first-order valence-corrected chi connectivity index (χ1v) is 11.1. The van der Waals surface area contributed by atoms with E-state index in [1.54, 1.807) is 55.5 Å². The molecule has 1 unspecified atom stereocenters. The van der Waals surface area contributed by atoms with E-state index in [0.717, 1.165) is 6.92 Å². The Morgan fingerprint density at radius 3 is 2.42 bits per heavy atom. The quantitative estimate of drug-likeness (QED) is 0.394. The summed E-state index contributed by atoms with van der Waals surface area (Å²) in [5.41, 5.74) is 0.543. The molecule has 186 valence electrons. The molecule has 0 saturated carbocycles. The van der Waals surface area contributed by atoms with Gasteiger partial charge in [0, 0.05) is 24.6 Å². The zero-order valence-corrected chi connectivity index (χ0v) is 19.5. The lowest BCUT2D eigenvalue weighted by molar-refractivity contribution is -0.0498. The van der Waals surface area contributed by atoms with Crippen LogP contribution in [0.5, 0.6) is 5.75 Å². The molecular formula is C27H23F4N3O2. The molecule has 0 bridgehead atoms. The number of rotatable bonds is 7. The van der Waals surface area contributed by atoms with Crippen LogP contribution in [-0.4, -0.2) is 28.4 Å². The van der Waals surface area contributed by atoms with Crippen LogP contribution in [0.15, 0.2) is 84.7 Å². The van der Waals surface area contributed by atoms with Gasteiger partial charge in [0.25, 0.3) is 11.8 Å². The zero-order valence-electron chi connectivity index (χ0n) is 19.5. The summed E-state index contributed by atoms with van der Waals surface area (Å²) >= 11 is 0. The number of ether oxygens (including phenoxy) is 1. The first-order valence-electron chi connectivity index (χ1n) is 11.1. The maximum absolute atomic E-state index is 14.9. The van der Waals surface area contributed by atoms with Gasteiger partial charge in [0.05, 0.1) is 23.0 Å². The summed E-state index contributed by atoms with van der Waals surface area (Å²) in [6.45, 7) is -0.453. The highest BCUT2D eigenvalue weighted by molar-refractivity contribution is 5.94. The molecule has 9 heteroatoms. The highest BCUT2D eigenvalue weighted by Gasteiger charge is 2.50. The van der Waals surface area contributed by atoms with E-state index in [2.05, 4.69) is 20.0 Å². The normalized spacial score (nSPS) is 17.6. The Balaban J connectivity index is 1.52. The lowest BCUT2D eigenvalue weighted by Gasteiger charge is -2.39. The number of hydrogen-bond donors (Lipinski definition) is 1. The van der Waals surface area contributed by atoms with Crippen molar-refractivity contribution in [2.24, 2.45) is 0 Å². The van der Waals surface area contributed by atoms with E-state index < -0.39 is 23.9 Å². The van der Waals surface area contributed by atoms with Crippen molar-refractivity contribution in [3.63, 3.8) is 0 Å². The average molecular weight is 497 g/mol. The summed E-state index contributed by atoms with van der Waals surface area (Å²) in [6.07, 6.45) is 5.85. The van der Waals surface area contributed by atoms with Gasteiger partial charge in [-0.2, -0.15) is 8.78 Å². The van der Waals surface area contributed by atoms with E-state index in [9.17, 15) is 22.4 Å². The van der Waals surface area contributed by atoms with Gasteiger partial charge in [-0.3, -0.25) is 4.79 Å². The van der Waals surface area contributed by atoms with Gasteiger partial charge in [0.2, 0.25) is 0 Å². The molecule has 1 aliphatic rings. The number of halogens is 4. The van der Waals surface area contributed by atoms with Crippen LogP contribution < -0.4 is 10.1 Å². The van der Waals surface area contributed by atoms with Crippen molar-refractivity contribution in [1.29, 1.82) is 0 Å².